The molecule has 1 aliphatic rings. The Morgan fingerprint density at radius 2 is 2.17 bits per heavy atom. The van der Waals surface area contributed by atoms with E-state index < -0.39 is 17.8 Å². The lowest BCUT2D eigenvalue weighted by molar-refractivity contribution is -0.137. The molecule has 0 unspecified atom stereocenters. The van der Waals surface area contributed by atoms with E-state index in [9.17, 15) is 18.3 Å². The number of nitrogens with one attached hydrogen (secondary N) is 1. The maximum Gasteiger partial charge on any atom is 0.417 e. The predicted molar refractivity (Wildman–Crippen MR) is 58.1 cm³/mol. The van der Waals surface area contributed by atoms with E-state index in [0.717, 1.165) is 12.3 Å². The first kappa shape index (κ1) is 13.1. The molecule has 0 saturated carbocycles. The van der Waals surface area contributed by atoms with Gasteiger partial charge in [0.1, 0.15) is 5.82 Å². The Morgan fingerprint density at radius 3 is 2.72 bits per heavy atom. The standard InChI is InChI=1S/C11H13F3N2O2/c12-11(13,14)7-1-2-10(15-5-7)16-8-3-4-18-6-9(8)17/h1-2,5,8-9,17H,3-4,6H2,(H,15,16)/t8-,9-/m1/s1. The van der Waals surface area contributed by atoms with E-state index >= 15 is 0 Å². The zero-order valence-corrected chi connectivity index (χ0v) is 9.44. The van der Waals surface area contributed by atoms with Crippen LogP contribution in [0, 0.1) is 0 Å². The van der Waals surface area contributed by atoms with Gasteiger partial charge in [-0.3, -0.25) is 0 Å². The van der Waals surface area contributed by atoms with Gasteiger partial charge in [0.05, 0.1) is 24.3 Å². The van der Waals surface area contributed by atoms with Crippen molar-refractivity contribution in [2.24, 2.45) is 0 Å². The molecule has 1 fully saturated rings. The van der Waals surface area contributed by atoms with Crippen LogP contribution in [0.2, 0.25) is 0 Å². The molecule has 1 aliphatic heterocycles. The van der Waals surface area contributed by atoms with Gasteiger partial charge in [-0.1, -0.05) is 0 Å². The first-order chi connectivity index (χ1) is 8.47. The summed E-state index contributed by atoms with van der Waals surface area (Å²) >= 11 is 0. The third-order valence-corrected chi connectivity index (χ3v) is 2.75. The molecule has 0 aromatic carbocycles. The molecule has 100 valence electrons. The molecule has 0 spiro atoms. The van der Waals surface area contributed by atoms with E-state index in [1.807, 2.05) is 0 Å². The van der Waals surface area contributed by atoms with Crippen molar-refractivity contribution < 1.29 is 23.0 Å². The SMILES string of the molecule is O[C@@H]1COCC[C@H]1Nc1ccc(C(F)(F)F)cn1. The van der Waals surface area contributed by atoms with E-state index in [0.29, 0.717) is 18.8 Å². The number of rotatable bonds is 2. The first-order valence-corrected chi connectivity index (χ1v) is 5.52. The van der Waals surface area contributed by atoms with Gasteiger partial charge in [-0.2, -0.15) is 13.2 Å². The second kappa shape index (κ2) is 5.11. The van der Waals surface area contributed by atoms with Gasteiger partial charge in [0.25, 0.3) is 0 Å². The Bertz CT molecular complexity index is 394. The van der Waals surface area contributed by atoms with Crippen molar-refractivity contribution in [3.05, 3.63) is 23.9 Å². The zero-order valence-electron chi connectivity index (χ0n) is 9.44. The van der Waals surface area contributed by atoms with E-state index in [1.54, 1.807) is 0 Å². The average molecular weight is 262 g/mol. The van der Waals surface area contributed by atoms with Crippen LogP contribution in [0.1, 0.15) is 12.0 Å². The molecule has 2 rings (SSSR count). The van der Waals surface area contributed by atoms with Crippen molar-refractivity contribution in [3.63, 3.8) is 0 Å². The number of ether oxygens (including phenoxy) is 1. The molecule has 4 nitrogen and oxygen atoms in total. The maximum absolute atomic E-state index is 12.3. The summed E-state index contributed by atoms with van der Waals surface area (Å²) in [4.78, 5) is 3.69. The van der Waals surface area contributed by atoms with Crippen LogP contribution in [0.5, 0.6) is 0 Å². The van der Waals surface area contributed by atoms with Crippen molar-refractivity contribution >= 4 is 5.82 Å². The molecule has 1 aromatic heterocycles. The monoisotopic (exact) mass is 262 g/mol. The van der Waals surface area contributed by atoms with E-state index in [-0.39, 0.29) is 12.6 Å². The van der Waals surface area contributed by atoms with Crippen LogP contribution in [0.15, 0.2) is 18.3 Å². The van der Waals surface area contributed by atoms with Crippen molar-refractivity contribution in [2.75, 3.05) is 18.5 Å². The fraction of sp³-hybridized carbons (Fsp3) is 0.545. The highest BCUT2D eigenvalue weighted by molar-refractivity contribution is 5.37. The van der Waals surface area contributed by atoms with Crippen LogP contribution in [-0.2, 0) is 10.9 Å². The number of aromatic nitrogens is 1. The lowest BCUT2D eigenvalue weighted by atomic mass is 10.1. The predicted octanol–water partition coefficient (Wildman–Crippen LogP) is 1.66. The van der Waals surface area contributed by atoms with Crippen molar-refractivity contribution in [3.8, 4) is 0 Å². The molecule has 1 aromatic rings. The lowest BCUT2D eigenvalue weighted by Gasteiger charge is -2.28. The van der Waals surface area contributed by atoms with Gasteiger partial charge in [-0.15, -0.1) is 0 Å². The summed E-state index contributed by atoms with van der Waals surface area (Å²) < 4.78 is 42.0. The van der Waals surface area contributed by atoms with Crippen molar-refractivity contribution in [1.82, 2.24) is 4.98 Å². The van der Waals surface area contributed by atoms with Gasteiger partial charge in [0.15, 0.2) is 0 Å². The van der Waals surface area contributed by atoms with Crippen LogP contribution in [-0.4, -0.2) is 35.5 Å². The Hall–Kier alpha value is -1.34. The second-order valence-corrected chi connectivity index (χ2v) is 4.11. The van der Waals surface area contributed by atoms with Gasteiger partial charge >= 0.3 is 6.18 Å². The molecule has 2 heterocycles. The Morgan fingerprint density at radius 1 is 1.39 bits per heavy atom. The van der Waals surface area contributed by atoms with Crippen molar-refractivity contribution in [1.29, 1.82) is 0 Å². The summed E-state index contributed by atoms with van der Waals surface area (Å²) in [6, 6.07) is 1.97. The van der Waals surface area contributed by atoms with Crippen LogP contribution >= 0.6 is 0 Å². The van der Waals surface area contributed by atoms with Gasteiger partial charge in [0.2, 0.25) is 0 Å². The average Bonchev–Trinajstić information content (AvgIpc) is 2.32. The second-order valence-electron chi connectivity index (χ2n) is 4.11. The number of halogens is 3. The molecule has 1 saturated heterocycles. The van der Waals surface area contributed by atoms with Crippen molar-refractivity contribution in [2.45, 2.75) is 24.7 Å². The number of aliphatic hydroxyl groups excluding tert-OH is 1. The summed E-state index contributed by atoms with van der Waals surface area (Å²) in [5, 5.41) is 12.5. The van der Waals surface area contributed by atoms with Crippen LogP contribution in [0.4, 0.5) is 19.0 Å². The first-order valence-electron chi connectivity index (χ1n) is 5.52. The summed E-state index contributed by atoms with van der Waals surface area (Å²) in [5.41, 5.74) is -0.791. The molecule has 2 N–H and O–H groups in total. The Labute approximate surface area is 102 Å². The van der Waals surface area contributed by atoms with Crippen LogP contribution in [0.25, 0.3) is 0 Å². The summed E-state index contributed by atoms with van der Waals surface area (Å²) in [6.07, 6.45) is -3.70. The molecule has 0 bridgehead atoms. The normalized spacial score (nSPS) is 24.9. The highest BCUT2D eigenvalue weighted by atomic mass is 19.4. The maximum atomic E-state index is 12.3. The minimum Gasteiger partial charge on any atom is -0.389 e. The van der Waals surface area contributed by atoms with Gasteiger partial charge in [0, 0.05) is 12.8 Å². The van der Waals surface area contributed by atoms with Gasteiger partial charge in [-0.05, 0) is 18.6 Å². The minimum absolute atomic E-state index is 0.221. The smallest absolute Gasteiger partial charge is 0.389 e. The number of hydrogen-bond acceptors (Lipinski definition) is 4. The molecule has 7 heteroatoms. The van der Waals surface area contributed by atoms with Crippen LogP contribution in [0.3, 0.4) is 0 Å². The Balaban J connectivity index is 2.02. The third-order valence-electron chi connectivity index (χ3n) is 2.75. The van der Waals surface area contributed by atoms with Gasteiger partial charge < -0.3 is 15.2 Å². The largest absolute Gasteiger partial charge is 0.417 e. The van der Waals surface area contributed by atoms with Crippen LogP contribution < -0.4 is 5.32 Å². The fourth-order valence-corrected chi connectivity index (χ4v) is 1.73. The zero-order chi connectivity index (χ0) is 13.2. The van der Waals surface area contributed by atoms with E-state index in [4.69, 9.17) is 4.74 Å². The quantitative estimate of drug-likeness (QED) is 0.851. The number of aliphatic hydroxyl groups is 1. The number of pyridine rings is 1. The Kier molecular flexibility index (Phi) is 3.72. The molecule has 0 aliphatic carbocycles. The molecular formula is C11H13F3N2O2. The lowest BCUT2D eigenvalue weighted by Crippen LogP contribution is -2.42. The highest BCUT2D eigenvalue weighted by Crippen LogP contribution is 2.29. The summed E-state index contributed by atoms with van der Waals surface area (Å²) in [6.45, 7) is 0.730. The third kappa shape index (κ3) is 3.11. The molecule has 0 amide bonds. The number of nitrogens with zero attached hydrogens (tertiary/aromatic N) is 1. The molecule has 18 heavy (non-hydrogen) atoms. The highest BCUT2D eigenvalue weighted by Gasteiger charge is 2.31. The fourth-order valence-electron chi connectivity index (χ4n) is 1.73. The van der Waals surface area contributed by atoms with E-state index in [2.05, 4.69) is 10.3 Å². The summed E-state index contributed by atoms with van der Waals surface area (Å²) in [7, 11) is 0. The topological polar surface area (TPSA) is 54.4 Å². The van der Waals surface area contributed by atoms with Gasteiger partial charge in [-0.25, -0.2) is 4.98 Å². The molecule has 0 radical (unpaired) electrons. The molecular weight excluding hydrogens is 249 g/mol. The van der Waals surface area contributed by atoms with E-state index in [1.165, 1.54) is 6.07 Å². The summed E-state index contributed by atoms with van der Waals surface area (Å²) in [5.74, 6) is 0.314. The number of hydrogen-bond donors (Lipinski definition) is 2. The number of anilines is 1. The minimum atomic E-state index is -4.39. The number of alkyl halides is 3. The molecule has 2 atom stereocenters.